The van der Waals surface area contributed by atoms with E-state index in [1.807, 2.05) is 66.7 Å². The quantitative estimate of drug-likeness (QED) is 0.648. The zero-order valence-electron chi connectivity index (χ0n) is 13.0. The second-order valence-electron chi connectivity index (χ2n) is 5.38. The summed E-state index contributed by atoms with van der Waals surface area (Å²) in [7, 11) is 1.64. The van der Waals surface area contributed by atoms with Crippen LogP contribution in [0.2, 0.25) is 0 Å². The molecule has 0 fully saturated rings. The van der Waals surface area contributed by atoms with Gasteiger partial charge >= 0.3 is 0 Å². The third-order valence-corrected chi connectivity index (χ3v) is 3.83. The van der Waals surface area contributed by atoms with Crippen molar-refractivity contribution in [3.63, 3.8) is 0 Å². The molecule has 0 saturated heterocycles. The van der Waals surface area contributed by atoms with Crippen molar-refractivity contribution >= 4 is 5.78 Å². The first-order valence-corrected chi connectivity index (χ1v) is 7.58. The predicted molar refractivity (Wildman–Crippen MR) is 92.1 cm³/mol. The molecule has 3 rings (SSSR count). The molecule has 3 aromatic rings. The first-order chi connectivity index (χ1) is 11.3. The zero-order valence-corrected chi connectivity index (χ0v) is 13.0. The fourth-order valence-electron chi connectivity index (χ4n) is 2.63. The van der Waals surface area contributed by atoms with Crippen molar-refractivity contribution in [3.8, 4) is 5.75 Å². The van der Waals surface area contributed by atoms with Crippen LogP contribution in [0.1, 0.15) is 27.0 Å². The molecule has 0 atom stereocenters. The molecule has 0 heterocycles. The minimum atomic E-state index is 0.0409. The van der Waals surface area contributed by atoms with Crippen LogP contribution in [0, 0.1) is 0 Å². The molecular formula is C21H18O2. The smallest absolute Gasteiger partial charge is 0.193 e. The third-order valence-electron chi connectivity index (χ3n) is 3.83. The van der Waals surface area contributed by atoms with E-state index in [1.165, 1.54) is 5.56 Å². The highest BCUT2D eigenvalue weighted by molar-refractivity contribution is 6.10. The maximum Gasteiger partial charge on any atom is 0.193 e. The van der Waals surface area contributed by atoms with Gasteiger partial charge in [-0.05, 0) is 35.7 Å². The third kappa shape index (κ3) is 3.49. The summed E-state index contributed by atoms with van der Waals surface area (Å²) < 4.78 is 5.32. The molecule has 2 nitrogen and oxygen atoms in total. The van der Waals surface area contributed by atoms with Crippen LogP contribution < -0.4 is 4.74 Å². The number of methoxy groups -OCH3 is 1. The number of hydrogen-bond donors (Lipinski definition) is 0. The van der Waals surface area contributed by atoms with E-state index in [0.717, 1.165) is 16.9 Å². The molecule has 0 radical (unpaired) electrons. The minimum absolute atomic E-state index is 0.0409. The van der Waals surface area contributed by atoms with Gasteiger partial charge in [0.1, 0.15) is 5.75 Å². The molecule has 2 heteroatoms. The van der Waals surface area contributed by atoms with Crippen LogP contribution in [0.5, 0.6) is 5.75 Å². The molecule has 0 unspecified atom stereocenters. The lowest BCUT2D eigenvalue weighted by Gasteiger charge is -2.11. The van der Waals surface area contributed by atoms with Gasteiger partial charge in [-0.3, -0.25) is 4.79 Å². The van der Waals surface area contributed by atoms with E-state index in [-0.39, 0.29) is 5.78 Å². The van der Waals surface area contributed by atoms with Crippen molar-refractivity contribution in [2.24, 2.45) is 0 Å². The summed E-state index contributed by atoms with van der Waals surface area (Å²) >= 11 is 0. The van der Waals surface area contributed by atoms with E-state index in [0.29, 0.717) is 12.0 Å². The molecule has 114 valence electrons. The van der Waals surface area contributed by atoms with Crippen LogP contribution in [0.3, 0.4) is 0 Å². The molecule has 0 spiro atoms. The lowest BCUT2D eigenvalue weighted by atomic mass is 9.94. The van der Waals surface area contributed by atoms with E-state index >= 15 is 0 Å². The molecule has 0 N–H and O–H groups in total. The zero-order chi connectivity index (χ0) is 16.1. The van der Waals surface area contributed by atoms with Crippen molar-refractivity contribution < 1.29 is 9.53 Å². The van der Waals surface area contributed by atoms with Crippen LogP contribution in [-0.4, -0.2) is 12.9 Å². The Labute approximate surface area is 136 Å². The first kappa shape index (κ1) is 15.0. The Morgan fingerprint density at radius 1 is 0.870 bits per heavy atom. The molecule has 23 heavy (non-hydrogen) atoms. The van der Waals surface area contributed by atoms with Gasteiger partial charge in [-0.25, -0.2) is 0 Å². The number of benzene rings is 3. The number of rotatable bonds is 5. The first-order valence-electron chi connectivity index (χ1n) is 7.58. The van der Waals surface area contributed by atoms with Gasteiger partial charge in [-0.1, -0.05) is 60.7 Å². The topological polar surface area (TPSA) is 26.3 Å². The summed E-state index contributed by atoms with van der Waals surface area (Å²) in [5, 5.41) is 0. The summed E-state index contributed by atoms with van der Waals surface area (Å²) in [6.45, 7) is 0. The standard InChI is InChI=1S/C21H18O2/c1-23-19-12-13-20(21(22)17-10-6-3-7-11-17)18(15-19)14-16-8-4-2-5-9-16/h2-13,15H,14H2,1H3. The normalized spacial score (nSPS) is 10.3. The van der Waals surface area contributed by atoms with Crippen LogP contribution in [0.25, 0.3) is 0 Å². The minimum Gasteiger partial charge on any atom is -0.497 e. The summed E-state index contributed by atoms with van der Waals surface area (Å²) in [5.74, 6) is 0.805. The Morgan fingerprint density at radius 3 is 2.17 bits per heavy atom. The monoisotopic (exact) mass is 302 g/mol. The van der Waals surface area contributed by atoms with Crippen LogP contribution in [0.4, 0.5) is 0 Å². The van der Waals surface area contributed by atoms with Gasteiger partial charge in [-0.15, -0.1) is 0 Å². The van der Waals surface area contributed by atoms with E-state index in [2.05, 4.69) is 12.1 Å². The van der Waals surface area contributed by atoms with Crippen LogP contribution in [0.15, 0.2) is 78.9 Å². The Kier molecular flexibility index (Phi) is 4.53. The maximum atomic E-state index is 12.8. The second-order valence-corrected chi connectivity index (χ2v) is 5.38. The molecule has 3 aromatic carbocycles. The lowest BCUT2D eigenvalue weighted by molar-refractivity contribution is 0.103. The fourth-order valence-corrected chi connectivity index (χ4v) is 2.63. The summed E-state index contributed by atoms with van der Waals surface area (Å²) in [4.78, 5) is 12.8. The Morgan fingerprint density at radius 2 is 1.52 bits per heavy atom. The van der Waals surface area contributed by atoms with Crippen LogP contribution in [-0.2, 0) is 6.42 Å². The largest absolute Gasteiger partial charge is 0.497 e. The maximum absolute atomic E-state index is 12.8. The number of carbonyl (C=O) groups is 1. The molecule has 0 saturated carbocycles. The van der Waals surface area contributed by atoms with Crippen molar-refractivity contribution in [1.29, 1.82) is 0 Å². The molecule has 0 amide bonds. The highest BCUT2D eigenvalue weighted by Crippen LogP contribution is 2.23. The Hall–Kier alpha value is -2.87. The summed E-state index contributed by atoms with van der Waals surface area (Å²) in [5.41, 5.74) is 3.57. The summed E-state index contributed by atoms with van der Waals surface area (Å²) in [6.07, 6.45) is 0.700. The van der Waals surface area contributed by atoms with Crippen molar-refractivity contribution in [1.82, 2.24) is 0 Å². The number of carbonyl (C=O) groups excluding carboxylic acids is 1. The van der Waals surface area contributed by atoms with Crippen molar-refractivity contribution in [2.75, 3.05) is 7.11 Å². The van der Waals surface area contributed by atoms with Gasteiger partial charge < -0.3 is 4.74 Å². The lowest BCUT2D eigenvalue weighted by Crippen LogP contribution is -2.06. The molecule has 0 aliphatic heterocycles. The van der Waals surface area contributed by atoms with E-state index in [1.54, 1.807) is 7.11 Å². The van der Waals surface area contributed by atoms with E-state index in [4.69, 9.17) is 4.74 Å². The van der Waals surface area contributed by atoms with Gasteiger partial charge in [0.05, 0.1) is 7.11 Å². The summed E-state index contributed by atoms with van der Waals surface area (Å²) in [6, 6.07) is 25.1. The Balaban J connectivity index is 2.01. The fraction of sp³-hybridized carbons (Fsp3) is 0.0952. The van der Waals surface area contributed by atoms with Crippen molar-refractivity contribution in [3.05, 3.63) is 101 Å². The SMILES string of the molecule is COc1ccc(C(=O)c2ccccc2)c(Cc2ccccc2)c1. The van der Waals surface area contributed by atoms with Gasteiger partial charge in [0.2, 0.25) is 0 Å². The second kappa shape index (κ2) is 6.93. The molecule has 0 aromatic heterocycles. The van der Waals surface area contributed by atoms with Crippen molar-refractivity contribution in [2.45, 2.75) is 6.42 Å². The average Bonchev–Trinajstić information content (AvgIpc) is 2.62. The number of ether oxygens (including phenoxy) is 1. The van der Waals surface area contributed by atoms with Crippen LogP contribution >= 0.6 is 0 Å². The highest BCUT2D eigenvalue weighted by atomic mass is 16.5. The van der Waals surface area contributed by atoms with Gasteiger partial charge in [0.25, 0.3) is 0 Å². The molecule has 0 bridgehead atoms. The van der Waals surface area contributed by atoms with E-state index < -0.39 is 0 Å². The van der Waals surface area contributed by atoms with E-state index in [9.17, 15) is 4.79 Å². The highest BCUT2D eigenvalue weighted by Gasteiger charge is 2.14. The average molecular weight is 302 g/mol. The van der Waals surface area contributed by atoms with Gasteiger partial charge in [0, 0.05) is 11.1 Å². The molecular weight excluding hydrogens is 284 g/mol. The number of ketones is 1. The molecule has 0 aliphatic carbocycles. The van der Waals surface area contributed by atoms with Gasteiger partial charge in [-0.2, -0.15) is 0 Å². The van der Waals surface area contributed by atoms with Gasteiger partial charge in [0.15, 0.2) is 5.78 Å². The number of hydrogen-bond acceptors (Lipinski definition) is 2. The molecule has 0 aliphatic rings. The Bertz CT molecular complexity index is 793. The predicted octanol–water partition coefficient (Wildman–Crippen LogP) is 4.52.